The molecule has 0 N–H and O–H groups in total. The average molecular weight is 258 g/mol. The third kappa shape index (κ3) is 3.22. The molecule has 0 fully saturated rings. The summed E-state index contributed by atoms with van der Waals surface area (Å²) in [4.78, 5) is 12.2. The molecule has 0 atom stereocenters. The fourth-order valence-electron chi connectivity index (χ4n) is 2.03. The molecule has 1 aromatic heterocycles. The fourth-order valence-corrected chi connectivity index (χ4v) is 2.03. The zero-order valence-corrected chi connectivity index (χ0v) is 11.5. The molecule has 0 amide bonds. The van der Waals surface area contributed by atoms with E-state index in [1.807, 2.05) is 38.4 Å². The third-order valence-corrected chi connectivity index (χ3v) is 3.05. The van der Waals surface area contributed by atoms with E-state index in [1.165, 1.54) is 0 Å². The Morgan fingerprint density at radius 1 is 1.42 bits per heavy atom. The Morgan fingerprint density at radius 2 is 2.21 bits per heavy atom. The normalized spacial score (nSPS) is 10.5. The summed E-state index contributed by atoms with van der Waals surface area (Å²) in [6.07, 6.45) is 4.89. The van der Waals surface area contributed by atoms with E-state index in [2.05, 4.69) is 5.10 Å². The maximum Gasteiger partial charge on any atom is 0.166 e. The zero-order chi connectivity index (χ0) is 13.8. The first-order valence-corrected chi connectivity index (χ1v) is 6.25. The Hall–Kier alpha value is -2.10. The van der Waals surface area contributed by atoms with Crippen molar-refractivity contribution in [1.82, 2.24) is 9.78 Å². The second kappa shape index (κ2) is 5.69. The number of nitrogens with zero attached hydrogens (tertiary/aromatic N) is 2. The molecule has 0 aliphatic rings. The molecule has 4 nitrogen and oxygen atoms in total. The van der Waals surface area contributed by atoms with Crippen molar-refractivity contribution in [2.24, 2.45) is 7.05 Å². The number of rotatable bonds is 5. The molecule has 1 heterocycles. The predicted molar refractivity (Wildman–Crippen MR) is 73.6 cm³/mol. The molecule has 0 saturated carbocycles. The summed E-state index contributed by atoms with van der Waals surface area (Å²) in [5.74, 6) is 0.742. The summed E-state index contributed by atoms with van der Waals surface area (Å²) in [7, 11) is 3.46. The Balaban J connectivity index is 2.09. The van der Waals surface area contributed by atoms with Crippen molar-refractivity contribution in [2.45, 2.75) is 19.8 Å². The largest absolute Gasteiger partial charge is 0.496 e. The average Bonchev–Trinajstić information content (AvgIpc) is 2.81. The number of carbonyl (C=O) groups excluding carboxylic acids is 1. The second-order valence-electron chi connectivity index (χ2n) is 4.65. The molecule has 0 spiro atoms. The van der Waals surface area contributed by atoms with Gasteiger partial charge in [0, 0.05) is 19.7 Å². The van der Waals surface area contributed by atoms with E-state index in [0.717, 1.165) is 11.1 Å². The number of methoxy groups -OCH3 is 1. The van der Waals surface area contributed by atoms with Crippen LogP contribution in [0.3, 0.4) is 0 Å². The number of ether oxygens (including phenoxy) is 1. The van der Waals surface area contributed by atoms with E-state index in [9.17, 15) is 4.79 Å². The Kier molecular flexibility index (Phi) is 4.00. The van der Waals surface area contributed by atoms with Crippen molar-refractivity contribution >= 4 is 5.78 Å². The Morgan fingerprint density at radius 3 is 2.84 bits per heavy atom. The molecule has 0 aliphatic heterocycles. The summed E-state index contributed by atoms with van der Waals surface area (Å²) in [6, 6.07) is 5.66. The second-order valence-corrected chi connectivity index (χ2v) is 4.65. The maximum atomic E-state index is 12.2. The van der Waals surface area contributed by atoms with E-state index < -0.39 is 0 Å². The topological polar surface area (TPSA) is 44.1 Å². The van der Waals surface area contributed by atoms with Crippen LogP contribution in [0, 0.1) is 6.92 Å². The van der Waals surface area contributed by atoms with Crippen LogP contribution in [0.2, 0.25) is 0 Å². The van der Waals surface area contributed by atoms with E-state index >= 15 is 0 Å². The molecule has 0 bridgehead atoms. The SMILES string of the molecule is COc1ccc(C)cc1C(=O)CCc1cnn(C)c1. The van der Waals surface area contributed by atoms with Crippen LogP contribution in [-0.4, -0.2) is 22.7 Å². The summed E-state index contributed by atoms with van der Waals surface area (Å²) in [6.45, 7) is 1.97. The van der Waals surface area contributed by atoms with E-state index in [-0.39, 0.29) is 5.78 Å². The summed E-state index contributed by atoms with van der Waals surface area (Å²) in [5, 5.41) is 4.10. The van der Waals surface area contributed by atoms with Gasteiger partial charge in [-0.05, 0) is 31.0 Å². The van der Waals surface area contributed by atoms with Crippen LogP contribution >= 0.6 is 0 Å². The standard InChI is InChI=1S/C15H18N2O2/c1-11-4-7-15(19-3)13(8-11)14(18)6-5-12-9-16-17(2)10-12/h4,7-10H,5-6H2,1-3H3. The highest BCUT2D eigenvalue weighted by Crippen LogP contribution is 2.21. The molecular weight excluding hydrogens is 240 g/mol. The highest BCUT2D eigenvalue weighted by Gasteiger charge is 2.12. The highest BCUT2D eigenvalue weighted by atomic mass is 16.5. The smallest absolute Gasteiger partial charge is 0.166 e. The minimum Gasteiger partial charge on any atom is -0.496 e. The van der Waals surface area contributed by atoms with Crippen LogP contribution in [0.5, 0.6) is 5.75 Å². The van der Waals surface area contributed by atoms with Crippen LogP contribution < -0.4 is 4.74 Å². The number of Topliss-reactive ketones (excluding diaryl/α,β-unsaturated/α-hetero) is 1. The number of aryl methyl sites for hydroxylation is 3. The zero-order valence-electron chi connectivity index (χ0n) is 11.5. The van der Waals surface area contributed by atoms with Gasteiger partial charge in [0.25, 0.3) is 0 Å². The van der Waals surface area contributed by atoms with Gasteiger partial charge in [-0.15, -0.1) is 0 Å². The van der Waals surface area contributed by atoms with Crippen molar-refractivity contribution in [1.29, 1.82) is 0 Å². The summed E-state index contributed by atoms with van der Waals surface area (Å²) < 4.78 is 6.98. The van der Waals surface area contributed by atoms with Gasteiger partial charge in [0.1, 0.15) is 5.75 Å². The number of hydrogen-bond acceptors (Lipinski definition) is 3. The molecule has 0 unspecified atom stereocenters. The molecule has 0 radical (unpaired) electrons. The van der Waals surface area contributed by atoms with Crippen LogP contribution in [0.25, 0.3) is 0 Å². The number of hydrogen-bond donors (Lipinski definition) is 0. The minimum atomic E-state index is 0.101. The van der Waals surface area contributed by atoms with Crippen LogP contribution in [-0.2, 0) is 13.5 Å². The monoisotopic (exact) mass is 258 g/mol. The third-order valence-electron chi connectivity index (χ3n) is 3.05. The van der Waals surface area contributed by atoms with Gasteiger partial charge in [0.15, 0.2) is 5.78 Å². The molecule has 100 valence electrons. The molecule has 19 heavy (non-hydrogen) atoms. The van der Waals surface area contributed by atoms with Gasteiger partial charge in [-0.1, -0.05) is 11.6 Å². The lowest BCUT2D eigenvalue weighted by Crippen LogP contribution is -2.04. The van der Waals surface area contributed by atoms with Crippen molar-refractivity contribution in [3.63, 3.8) is 0 Å². The Bertz CT molecular complexity index is 588. The van der Waals surface area contributed by atoms with Gasteiger partial charge < -0.3 is 4.74 Å². The van der Waals surface area contributed by atoms with Crippen LogP contribution in [0.4, 0.5) is 0 Å². The highest BCUT2D eigenvalue weighted by molar-refractivity contribution is 5.98. The lowest BCUT2D eigenvalue weighted by atomic mass is 10.0. The molecule has 2 aromatic rings. The van der Waals surface area contributed by atoms with Crippen molar-refractivity contribution in [3.05, 3.63) is 47.3 Å². The molecule has 0 aliphatic carbocycles. The molecular formula is C15H18N2O2. The predicted octanol–water partition coefficient (Wildman–Crippen LogP) is 2.55. The molecule has 1 aromatic carbocycles. The first-order chi connectivity index (χ1) is 9.10. The summed E-state index contributed by atoms with van der Waals surface area (Å²) >= 11 is 0. The van der Waals surface area contributed by atoms with Gasteiger partial charge in [0.2, 0.25) is 0 Å². The maximum absolute atomic E-state index is 12.2. The van der Waals surface area contributed by atoms with Crippen molar-refractivity contribution in [3.8, 4) is 5.75 Å². The lowest BCUT2D eigenvalue weighted by molar-refractivity contribution is 0.0980. The van der Waals surface area contributed by atoms with Gasteiger partial charge in [-0.3, -0.25) is 9.48 Å². The van der Waals surface area contributed by atoms with E-state index in [4.69, 9.17) is 4.74 Å². The van der Waals surface area contributed by atoms with Gasteiger partial charge in [0.05, 0.1) is 18.9 Å². The molecule has 0 saturated heterocycles. The number of ketones is 1. The van der Waals surface area contributed by atoms with Crippen LogP contribution in [0.15, 0.2) is 30.6 Å². The van der Waals surface area contributed by atoms with Gasteiger partial charge >= 0.3 is 0 Å². The van der Waals surface area contributed by atoms with E-state index in [0.29, 0.717) is 24.2 Å². The van der Waals surface area contributed by atoms with Gasteiger partial charge in [-0.2, -0.15) is 5.10 Å². The summed E-state index contributed by atoms with van der Waals surface area (Å²) in [5.41, 5.74) is 2.79. The first kappa shape index (κ1) is 13.3. The number of carbonyl (C=O) groups is 1. The lowest BCUT2D eigenvalue weighted by Gasteiger charge is -2.08. The number of benzene rings is 1. The number of aromatic nitrogens is 2. The van der Waals surface area contributed by atoms with Crippen molar-refractivity contribution < 1.29 is 9.53 Å². The molecule has 4 heteroatoms. The Labute approximate surface area is 113 Å². The fraction of sp³-hybridized carbons (Fsp3) is 0.333. The van der Waals surface area contributed by atoms with Crippen molar-refractivity contribution in [2.75, 3.05) is 7.11 Å². The quantitative estimate of drug-likeness (QED) is 0.774. The minimum absolute atomic E-state index is 0.101. The van der Waals surface area contributed by atoms with Crippen LogP contribution in [0.1, 0.15) is 27.9 Å². The van der Waals surface area contributed by atoms with E-state index in [1.54, 1.807) is 18.0 Å². The first-order valence-electron chi connectivity index (χ1n) is 6.25. The molecule has 2 rings (SSSR count). The van der Waals surface area contributed by atoms with Gasteiger partial charge in [-0.25, -0.2) is 0 Å².